The highest BCUT2D eigenvalue weighted by atomic mass is 16.5. The van der Waals surface area contributed by atoms with Crippen LogP contribution >= 0.6 is 0 Å². The van der Waals surface area contributed by atoms with Crippen LogP contribution in [0.4, 0.5) is 0 Å². The zero-order chi connectivity index (χ0) is 17.7. The van der Waals surface area contributed by atoms with Crippen molar-refractivity contribution in [1.29, 1.82) is 0 Å². The highest BCUT2D eigenvalue weighted by Gasteiger charge is 2.63. The maximum atomic E-state index is 13.1. The van der Waals surface area contributed by atoms with Crippen molar-refractivity contribution in [3.63, 3.8) is 0 Å². The van der Waals surface area contributed by atoms with Crippen molar-refractivity contribution in [2.24, 2.45) is 16.7 Å². The number of H-pyrrole nitrogens is 1. The van der Waals surface area contributed by atoms with Crippen LogP contribution < -0.4 is 0 Å². The lowest BCUT2D eigenvalue weighted by molar-refractivity contribution is -0.107. The fraction of sp³-hybridized carbons (Fsp3) is 0.500. The van der Waals surface area contributed by atoms with Crippen LogP contribution in [-0.2, 0) is 4.74 Å². The van der Waals surface area contributed by atoms with E-state index in [0.29, 0.717) is 5.92 Å². The minimum Gasteiger partial charge on any atom is -0.384 e. The second kappa shape index (κ2) is 5.70. The molecule has 25 heavy (non-hydrogen) atoms. The SMILES string of the molecule is COC[C@@]12CN(C(=O)c3cccc(-c4cn[nH]c4)c3)C[C@@H]1C(C)(C)C2. The molecule has 0 spiro atoms. The highest BCUT2D eigenvalue weighted by molar-refractivity contribution is 5.95. The van der Waals surface area contributed by atoms with Gasteiger partial charge in [0.05, 0.1) is 12.8 Å². The number of methoxy groups -OCH3 is 1. The molecular formula is C20H25N3O2. The molecule has 1 aromatic carbocycles. The molecule has 1 saturated carbocycles. The van der Waals surface area contributed by atoms with Crippen molar-refractivity contribution in [3.8, 4) is 11.1 Å². The number of benzene rings is 1. The molecule has 5 heteroatoms. The number of nitrogens with zero attached hydrogens (tertiary/aromatic N) is 2. The largest absolute Gasteiger partial charge is 0.384 e. The number of rotatable bonds is 4. The Kier molecular flexibility index (Phi) is 3.72. The number of carbonyl (C=O) groups is 1. The van der Waals surface area contributed by atoms with Crippen LogP contribution in [0.3, 0.4) is 0 Å². The van der Waals surface area contributed by atoms with Gasteiger partial charge in [-0.1, -0.05) is 26.0 Å². The number of aromatic amines is 1. The van der Waals surface area contributed by atoms with Gasteiger partial charge in [-0.05, 0) is 35.4 Å². The van der Waals surface area contributed by atoms with Gasteiger partial charge in [-0.25, -0.2) is 0 Å². The summed E-state index contributed by atoms with van der Waals surface area (Å²) in [5, 5.41) is 6.81. The maximum Gasteiger partial charge on any atom is 0.253 e. The summed E-state index contributed by atoms with van der Waals surface area (Å²) >= 11 is 0. The van der Waals surface area contributed by atoms with Gasteiger partial charge in [0.1, 0.15) is 0 Å². The molecule has 1 aromatic heterocycles. The van der Waals surface area contributed by atoms with Crippen molar-refractivity contribution in [2.45, 2.75) is 20.3 Å². The number of aromatic nitrogens is 2. The molecule has 1 aliphatic carbocycles. The van der Waals surface area contributed by atoms with E-state index in [1.54, 1.807) is 13.3 Å². The van der Waals surface area contributed by atoms with Gasteiger partial charge < -0.3 is 9.64 Å². The van der Waals surface area contributed by atoms with E-state index in [-0.39, 0.29) is 16.7 Å². The summed E-state index contributed by atoms with van der Waals surface area (Å²) in [4.78, 5) is 15.1. The van der Waals surface area contributed by atoms with Crippen LogP contribution in [0.15, 0.2) is 36.7 Å². The molecule has 2 fully saturated rings. The van der Waals surface area contributed by atoms with Crippen molar-refractivity contribution in [1.82, 2.24) is 15.1 Å². The van der Waals surface area contributed by atoms with Gasteiger partial charge in [-0.15, -0.1) is 0 Å². The molecule has 132 valence electrons. The van der Waals surface area contributed by atoms with Crippen LogP contribution in [0.2, 0.25) is 0 Å². The second-order valence-electron chi connectivity index (χ2n) is 8.27. The standard InChI is InChI=1S/C20H25N3O2/c1-19(2)11-20(13-25-3)12-23(10-17(19)20)18(24)15-6-4-5-14(7-15)16-8-21-22-9-16/h4-9,17H,10-13H2,1-3H3,(H,21,22)/t17-,20-/m1/s1. The predicted molar refractivity (Wildman–Crippen MR) is 96.1 cm³/mol. The fourth-order valence-corrected chi connectivity index (χ4v) is 5.19. The molecule has 1 amide bonds. The van der Waals surface area contributed by atoms with E-state index in [1.807, 2.05) is 35.4 Å². The summed E-state index contributed by atoms with van der Waals surface area (Å²) in [5.41, 5.74) is 3.16. The Morgan fingerprint density at radius 2 is 2.24 bits per heavy atom. The molecular weight excluding hydrogens is 314 g/mol. The highest BCUT2D eigenvalue weighted by Crippen LogP contribution is 2.62. The Labute approximate surface area is 148 Å². The number of likely N-dealkylation sites (tertiary alicyclic amines) is 1. The van der Waals surface area contributed by atoms with E-state index in [9.17, 15) is 4.79 Å². The number of carbonyl (C=O) groups excluding carboxylic acids is 1. The third-order valence-corrected chi connectivity index (χ3v) is 6.06. The molecule has 1 aliphatic heterocycles. The smallest absolute Gasteiger partial charge is 0.253 e. The summed E-state index contributed by atoms with van der Waals surface area (Å²) in [5.74, 6) is 0.631. The third-order valence-electron chi connectivity index (χ3n) is 6.06. The number of ether oxygens (including phenoxy) is 1. The molecule has 5 nitrogen and oxygen atoms in total. The van der Waals surface area contributed by atoms with Gasteiger partial charge in [0, 0.05) is 42.9 Å². The number of fused-ring (bicyclic) bond motifs is 1. The van der Waals surface area contributed by atoms with E-state index in [2.05, 4.69) is 24.0 Å². The third kappa shape index (κ3) is 2.58. The van der Waals surface area contributed by atoms with E-state index in [4.69, 9.17) is 4.74 Å². The van der Waals surface area contributed by atoms with Gasteiger partial charge in [0.2, 0.25) is 0 Å². The van der Waals surface area contributed by atoms with Crippen molar-refractivity contribution in [2.75, 3.05) is 26.8 Å². The summed E-state index contributed by atoms with van der Waals surface area (Å²) in [6, 6.07) is 7.81. The van der Waals surface area contributed by atoms with E-state index in [0.717, 1.165) is 42.8 Å². The molecule has 1 N–H and O–H groups in total. The van der Waals surface area contributed by atoms with Crippen molar-refractivity contribution >= 4 is 5.91 Å². The lowest BCUT2D eigenvalue weighted by Gasteiger charge is -2.56. The monoisotopic (exact) mass is 339 g/mol. The Morgan fingerprint density at radius 1 is 1.40 bits per heavy atom. The van der Waals surface area contributed by atoms with E-state index in [1.165, 1.54) is 0 Å². The zero-order valence-electron chi connectivity index (χ0n) is 15.1. The van der Waals surface area contributed by atoms with E-state index >= 15 is 0 Å². The molecule has 2 aliphatic rings. The summed E-state index contributed by atoms with van der Waals surface area (Å²) in [6.45, 7) is 6.97. The number of hydrogen-bond donors (Lipinski definition) is 1. The first kappa shape index (κ1) is 16.3. The summed E-state index contributed by atoms with van der Waals surface area (Å²) in [7, 11) is 1.76. The molecule has 0 bridgehead atoms. The van der Waals surface area contributed by atoms with Gasteiger partial charge >= 0.3 is 0 Å². The minimum absolute atomic E-state index is 0.117. The first-order valence-electron chi connectivity index (χ1n) is 8.83. The number of nitrogens with one attached hydrogen (secondary N) is 1. The summed E-state index contributed by atoms with van der Waals surface area (Å²) in [6.07, 6.45) is 4.74. The van der Waals surface area contributed by atoms with Gasteiger partial charge in [0.15, 0.2) is 0 Å². The topological polar surface area (TPSA) is 58.2 Å². The predicted octanol–water partition coefficient (Wildman–Crippen LogP) is 3.21. The number of hydrogen-bond acceptors (Lipinski definition) is 3. The molecule has 1 saturated heterocycles. The minimum atomic E-state index is 0.117. The lowest BCUT2D eigenvalue weighted by atomic mass is 9.48. The zero-order valence-corrected chi connectivity index (χ0v) is 15.1. The first-order valence-corrected chi connectivity index (χ1v) is 8.83. The van der Waals surface area contributed by atoms with Crippen molar-refractivity contribution < 1.29 is 9.53 Å². The Hall–Kier alpha value is -2.14. The fourth-order valence-electron chi connectivity index (χ4n) is 5.19. The van der Waals surface area contributed by atoms with Crippen LogP contribution in [0.5, 0.6) is 0 Å². The van der Waals surface area contributed by atoms with Crippen LogP contribution in [0, 0.1) is 16.7 Å². The Bertz CT molecular complexity index is 784. The van der Waals surface area contributed by atoms with Crippen LogP contribution in [0.1, 0.15) is 30.6 Å². The average molecular weight is 339 g/mol. The maximum absolute atomic E-state index is 13.1. The normalized spacial score (nSPS) is 27.0. The molecule has 0 unspecified atom stereocenters. The van der Waals surface area contributed by atoms with Crippen LogP contribution in [0.25, 0.3) is 11.1 Å². The van der Waals surface area contributed by atoms with Gasteiger partial charge in [-0.2, -0.15) is 5.10 Å². The average Bonchev–Trinajstić information content (AvgIpc) is 3.21. The second-order valence-corrected chi connectivity index (χ2v) is 8.27. The Morgan fingerprint density at radius 3 is 2.92 bits per heavy atom. The van der Waals surface area contributed by atoms with Crippen molar-refractivity contribution in [3.05, 3.63) is 42.2 Å². The quantitative estimate of drug-likeness (QED) is 0.930. The molecule has 2 atom stereocenters. The molecule has 0 radical (unpaired) electrons. The lowest BCUT2D eigenvalue weighted by Crippen LogP contribution is -2.55. The Balaban J connectivity index is 1.57. The summed E-state index contributed by atoms with van der Waals surface area (Å²) < 4.78 is 5.50. The number of amides is 1. The molecule has 4 rings (SSSR count). The molecule has 2 heterocycles. The van der Waals surface area contributed by atoms with Gasteiger partial charge in [0.25, 0.3) is 5.91 Å². The first-order chi connectivity index (χ1) is 12.0. The van der Waals surface area contributed by atoms with E-state index < -0.39 is 0 Å². The molecule has 2 aromatic rings. The van der Waals surface area contributed by atoms with Crippen LogP contribution in [-0.4, -0.2) is 47.8 Å². The van der Waals surface area contributed by atoms with Gasteiger partial charge in [-0.3, -0.25) is 9.89 Å².